The van der Waals surface area contributed by atoms with E-state index in [4.69, 9.17) is 15.3 Å². The molecule has 0 aliphatic heterocycles. The number of ether oxygens (including phenoxy) is 1. The maximum absolute atomic E-state index is 11.8. The third kappa shape index (κ3) is 3.32. The quantitative estimate of drug-likeness (QED) is 0.425. The first-order valence-corrected chi connectivity index (χ1v) is 5.96. The van der Waals surface area contributed by atoms with E-state index < -0.39 is 5.97 Å². The van der Waals surface area contributed by atoms with E-state index in [1.165, 1.54) is 0 Å². The van der Waals surface area contributed by atoms with E-state index in [2.05, 4.69) is 0 Å². The van der Waals surface area contributed by atoms with E-state index in [0.717, 1.165) is 32.1 Å². The molecule has 1 rings (SSSR count). The molecule has 0 amide bonds. The fourth-order valence-corrected chi connectivity index (χ4v) is 2.22. The van der Waals surface area contributed by atoms with E-state index >= 15 is 0 Å². The Hall–Kier alpha value is -1.81. The van der Waals surface area contributed by atoms with E-state index in [0.29, 0.717) is 0 Å². The van der Waals surface area contributed by atoms with Crippen LogP contribution in [0.5, 0.6) is 0 Å². The third-order valence-electron chi connectivity index (χ3n) is 3.00. The number of allylic oxidation sites excluding steroid dienone is 1. The lowest BCUT2D eigenvalue weighted by molar-refractivity contribution is -0.139. The van der Waals surface area contributed by atoms with Crippen molar-refractivity contribution in [2.24, 2.45) is 5.92 Å². The molecule has 1 aliphatic rings. The highest BCUT2D eigenvalue weighted by molar-refractivity contribution is 5.91. The summed E-state index contributed by atoms with van der Waals surface area (Å²) >= 11 is 0. The highest BCUT2D eigenvalue weighted by Crippen LogP contribution is 2.31. The standard InChI is InChI=1S/C13H16N2O2/c1-2-17-13(16)12(11(8-14)9-15)10-6-4-3-5-7-10/h10H,2-7H2,1H3. The van der Waals surface area contributed by atoms with Gasteiger partial charge in [-0.05, 0) is 25.7 Å². The van der Waals surface area contributed by atoms with Gasteiger partial charge in [0.2, 0.25) is 0 Å². The molecule has 0 aromatic heterocycles. The summed E-state index contributed by atoms with van der Waals surface area (Å²) < 4.78 is 4.94. The summed E-state index contributed by atoms with van der Waals surface area (Å²) in [5.74, 6) is -0.491. The van der Waals surface area contributed by atoms with Crippen molar-refractivity contribution in [3.63, 3.8) is 0 Å². The van der Waals surface area contributed by atoms with Gasteiger partial charge in [0.05, 0.1) is 12.2 Å². The van der Waals surface area contributed by atoms with Crippen LogP contribution in [0.25, 0.3) is 0 Å². The van der Waals surface area contributed by atoms with Crippen LogP contribution in [0.2, 0.25) is 0 Å². The second-order valence-corrected chi connectivity index (χ2v) is 4.07. The lowest BCUT2D eigenvalue weighted by atomic mass is 9.82. The molecule has 17 heavy (non-hydrogen) atoms. The van der Waals surface area contributed by atoms with Gasteiger partial charge in [-0.15, -0.1) is 0 Å². The molecule has 1 fully saturated rings. The van der Waals surface area contributed by atoms with Gasteiger partial charge in [-0.1, -0.05) is 19.3 Å². The average molecular weight is 232 g/mol. The van der Waals surface area contributed by atoms with Crippen molar-refractivity contribution in [1.82, 2.24) is 0 Å². The molecule has 0 unspecified atom stereocenters. The van der Waals surface area contributed by atoms with Crippen molar-refractivity contribution >= 4 is 5.97 Å². The number of carbonyl (C=O) groups excluding carboxylic acids is 1. The minimum absolute atomic E-state index is 0.0112. The zero-order chi connectivity index (χ0) is 12.7. The van der Waals surface area contributed by atoms with Crippen molar-refractivity contribution in [3.8, 4) is 12.1 Å². The van der Waals surface area contributed by atoms with E-state index in [-0.39, 0.29) is 23.7 Å². The molecule has 1 aliphatic carbocycles. The first-order chi connectivity index (χ1) is 8.24. The Labute approximate surface area is 101 Å². The van der Waals surface area contributed by atoms with Crippen molar-refractivity contribution in [3.05, 3.63) is 11.1 Å². The highest BCUT2D eigenvalue weighted by Gasteiger charge is 2.27. The Morgan fingerprint density at radius 3 is 2.29 bits per heavy atom. The summed E-state index contributed by atoms with van der Waals surface area (Å²) in [5.41, 5.74) is 0.201. The van der Waals surface area contributed by atoms with Crippen LogP contribution in [0, 0.1) is 28.6 Å². The molecule has 0 bridgehead atoms. The lowest BCUT2D eigenvalue weighted by Crippen LogP contribution is -2.20. The maximum Gasteiger partial charge on any atom is 0.336 e. The fourth-order valence-electron chi connectivity index (χ4n) is 2.22. The molecule has 0 spiro atoms. The molecule has 0 aromatic rings. The Kier molecular flexibility index (Phi) is 5.23. The summed E-state index contributed by atoms with van der Waals surface area (Å²) in [4.78, 5) is 11.8. The molecule has 1 saturated carbocycles. The second-order valence-electron chi connectivity index (χ2n) is 4.07. The molecule has 0 atom stereocenters. The van der Waals surface area contributed by atoms with Gasteiger partial charge in [-0.2, -0.15) is 10.5 Å². The van der Waals surface area contributed by atoms with Gasteiger partial charge in [-0.3, -0.25) is 0 Å². The smallest absolute Gasteiger partial charge is 0.336 e. The van der Waals surface area contributed by atoms with Gasteiger partial charge in [-0.25, -0.2) is 4.79 Å². The minimum Gasteiger partial charge on any atom is -0.463 e. The van der Waals surface area contributed by atoms with Crippen molar-refractivity contribution in [2.75, 3.05) is 6.61 Å². The zero-order valence-electron chi connectivity index (χ0n) is 10.0. The molecule has 4 heteroatoms. The number of nitrogens with zero attached hydrogens (tertiary/aromatic N) is 2. The number of hydrogen-bond donors (Lipinski definition) is 0. The van der Waals surface area contributed by atoms with Gasteiger partial charge < -0.3 is 4.74 Å². The van der Waals surface area contributed by atoms with Gasteiger partial charge in [0, 0.05) is 0 Å². The molecule has 4 nitrogen and oxygen atoms in total. The monoisotopic (exact) mass is 232 g/mol. The number of nitriles is 2. The Morgan fingerprint density at radius 1 is 1.24 bits per heavy atom. The Balaban J connectivity index is 3.02. The van der Waals surface area contributed by atoms with Gasteiger partial charge in [0.1, 0.15) is 17.7 Å². The first kappa shape index (κ1) is 13.3. The maximum atomic E-state index is 11.8. The molecule has 90 valence electrons. The minimum atomic E-state index is -0.502. The number of carbonyl (C=O) groups is 1. The lowest BCUT2D eigenvalue weighted by Gasteiger charge is -2.23. The van der Waals surface area contributed by atoms with Crippen LogP contribution in [0.3, 0.4) is 0 Å². The predicted molar refractivity (Wildman–Crippen MR) is 61.5 cm³/mol. The van der Waals surface area contributed by atoms with Crippen LogP contribution in [0.15, 0.2) is 11.1 Å². The fraction of sp³-hybridized carbons (Fsp3) is 0.615. The van der Waals surface area contributed by atoms with Crippen molar-refractivity contribution in [1.29, 1.82) is 10.5 Å². The van der Waals surface area contributed by atoms with Crippen LogP contribution in [0.4, 0.5) is 0 Å². The van der Waals surface area contributed by atoms with Gasteiger partial charge in [0.15, 0.2) is 0 Å². The SMILES string of the molecule is CCOC(=O)C(=C(C#N)C#N)C1CCCCC1. The van der Waals surface area contributed by atoms with Crippen LogP contribution in [-0.4, -0.2) is 12.6 Å². The summed E-state index contributed by atoms with van der Waals surface area (Å²) in [7, 11) is 0. The van der Waals surface area contributed by atoms with Crippen LogP contribution in [0.1, 0.15) is 39.0 Å². The van der Waals surface area contributed by atoms with Crippen LogP contribution >= 0.6 is 0 Å². The van der Waals surface area contributed by atoms with Gasteiger partial charge in [0.25, 0.3) is 0 Å². The average Bonchev–Trinajstić information content (AvgIpc) is 2.37. The molecule has 0 saturated heterocycles. The van der Waals surface area contributed by atoms with E-state index in [1.54, 1.807) is 19.1 Å². The van der Waals surface area contributed by atoms with Crippen molar-refractivity contribution in [2.45, 2.75) is 39.0 Å². The van der Waals surface area contributed by atoms with E-state index in [9.17, 15) is 4.79 Å². The third-order valence-corrected chi connectivity index (χ3v) is 3.00. The predicted octanol–water partition coefficient (Wildman–Crippen LogP) is 2.47. The first-order valence-electron chi connectivity index (χ1n) is 5.96. The summed E-state index contributed by atoms with van der Waals surface area (Å²) in [6.07, 6.45) is 4.96. The highest BCUT2D eigenvalue weighted by atomic mass is 16.5. The molecule has 0 radical (unpaired) electrons. The number of rotatable bonds is 3. The van der Waals surface area contributed by atoms with Crippen LogP contribution in [-0.2, 0) is 9.53 Å². The molecular formula is C13H16N2O2. The molecule has 0 aromatic carbocycles. The zero-order valence-corrected chi connectivity index (χ0v) is 10.0. The Morgan fingerprint density at radius 2 is 1.82 bits per heavy atom. The molecule has 0 heterocycles. The Bertz CT molecular complexity index is 377. The van der Waals surface area contributed by atoms with E-state index in [1.807, 2.05) is 0 Å². The van der Waals surface area contributed by atoms with Gasteiger partial charge >= 0.3 is 5.97 Å². The summed E-state index contributed by atoms with van der Waals surface area (Å²) in [5, 5.41) is 17.8. The second kappa shape index (κ2) is 6.70. The van der Waals surface area contributed by atoms with Crippen molar-refractivity contribution < 1.29 is 9.53 Å². The normalized spacial score (nSPS) is 15.5. The largest absolute Gasteiger partial charge is 0.463 e. The summed E-state index contributed by atoms with van der Waals surface area (Å²) in [6, 6.07) is 3.61. The number of hydrogen-bond acceptors (Lipinski definition) is 4. The van der Waals surface area contributed by atoms with Crippen LogP contribution < -0.4 is 0 Å². The summed E-state index contributed by atoms with van der Waals surface area (Å²) in [6.45, 7) is 1.98. The topological polar surface area (TPSA) is 73.9 Å². The molecular weight excluding hydrogens is 216 g/mol. The molecule has 0 N–H and O–H groups in total. The number of esters is 1.